The maximum atomic E-state index is 12.0. The summed E-state index contributed by atoms with van der Waals surface area (Å²) in [5.41, 5.74) is 0.694. The van der Waals surface area contributed by atoms with Crippen LogP contribution in [0.15, 0.2) is 53.4 Å². The number of phenolic OH excluding ortho intramolecular Hbond substituents is 1. The zero-order valence-corrected chi connectivity index (χ0v) is 14.4. The largest absolute Gasteiger partial charge is 0.506 e. The van der Waals surface area contributed by atoms with E-state index in [1.807, 2.05) is 0 Å². The Bertz CT molecular complexity index is 891. The molecule has 0 spiro atoms. The van der Waals surface area contributed by atoms with E-state index in [0.29, 0.717) is 10.6 Å². The minimum Gasteiger partial charge on any atom is -0.506 e. The molecule has 0 saturated carbocycles. The van der Waals surface area contributed by atoms with Gasteiger partial charge in [-0.05, 0) is 35.9 Å². The molecule has 0 fully saturated rings. The number of anilines is 1. The first-order valence-electron chi connectivity index (χ1n) is 7.13. The highest BCUT2D eigenvalue weighted by Crippen LogP contribution is 2.27. The molecule has 0 aliphatic carbocycles. The first kappa shape index (κ1) is 18.0. The first-order chi connectivity index (χ1) is 11.3. The van der Waals surface area contributed by atoms with Crippen molar-refractivity contribution in [1.29, 1.82) is 0 Å². The number of benzene rings is 2. The van der Waals surface area contributed by atoms with Crippen molar-refractivity contribution in [2.45, 2.75) is 11.8 Å². The third kappa shape index (κ3) is 4.37. The molecule has 2 N–H and O–H groups in total. The fourth-order valence-corrected chi connectivity index (χ4v) is 3.03. The zero-order valence-electron chi connectivity index (χ0n) is 12.9. The molecular weight excluding hydrogens is 350 g/mol. The molecule has 0 saturated heterocycles. The van der Waals surface area contributed by atoms with Crippen molar-refractivity contribution in [1.82, 2.24) is 0 Å². The van der Waals surface area contributed by atoms with E-state index in [9.17, 15) is 18.3 Å². The van der Waals surface area contributed by atoms with Gasteiger partial charge >= 0.3 is 0 Å². The SMILES string of the molecule is CCS(=O)(=O)c1ccc(O)c(NC(=O)/C=C/c2ccccc2Cl)c1. The van der Waals surface area contributed by atoms with Crippen LogP contribution in [-0.2, 0) is 14.6 Å². The quantitative estimate of drug-likeness (QED) is 0.627. The molecule has 2 aromatic carbocycles. The number of phenols is 1. The van der Waals surface area contributed by atoms with E-state index in [1.165, 1.54) is 37.3 Å². The van der Waals surface area contributed by atoms with Crippen LogP contribution in [-0.4, -0.2) is 25.2 Å². The van der Waals surface area contributed by atoms with E-state index >= 15 is 0 Å². The van der Waals surface area contributed by atoms with Gasteiger partial charge in [0.05, 0.1) is 16.3 Å². The Labute approximate surface area is 145 Å². The number of hydrogen-bond acceptors (Lipinski definition) is 4. The highest BCUT2D eigenvalue weighted by molar-refractivity contribution is 7.91. The van der Waals surface area contributed by atoms with Crippen molar-refractivity contribution < 1.29 is 18.3 Å². The molecular formula is C17H16ClNO4S. The van der Waals surface area contributed by atoms with Crippen LogP contribution in [0.2, 0.25) is 5.02 Å². The fourth-order valence-electron chi connectivity index (χ4n) is 1.93. The second-order valence-electron chi connectivity index (χ2n) is 4.93. The lowest BCUT2D eigenvalue weighted by atomic mass is 10.2. The van der Waals surface area contributed by atoms with E-state index < -0.39 is 15.7 Å². The van der Waals surface area contributed by atoms with Crippen LogP contribution in [0.5, 0.6) is 5.75 Å². The molecule has 0 radical (unpaired) electrons. The summed E-state index contributed by atoms with van der Waals surface area (Å²) in [6, 6.07) is 10.8. The molecule has 0 aliphatic heterocycles. The number of amides is 1. The van der Waals surface area contributed by atoms with Gasteiger partial charge in [-0.1, -0.05) is 36.7 Å². The summed E-state index contributed by atoms with van der Waals surface area (Å²) in [7, 11) is -3.43. The number of sulfone groups is 1. The van der Waals surface area contributed by atoms with Crippen LogP contribution in [0.1, 0.15) is 12.5 Å². The molecule has 0 bridgehead atoms. The molecule has 7 heteroatoms. The predicted octanol–water partition coefficient (Wildman–Crippen LogP) is 3.49. The molecule has 2 aromatic rings. The van der Waals surface area contributed by atoms with Crippen molar-refractivity contribution in [3.8, 4) is 5.75 Å². The number of rotatable bonds is 5. The average molecular weight is 366 g/mol. The van der Waals surface area contributed by atoms with Gasteiger partial charge in [-0.15, -0.1) is 0 Å². The lowest BCUT2D eigenvalue weighted by Crippen LogP contribution is -2.10. The molecule has 0 atom stereocenters. The number of halogens is 1. The van der Waals surface area contributed by atoms with E-state index in [1.54, 1.807) is 24.3 Å². The van der Waals surface area contributed by atoms with Gasteiger partial charge in [0.25, 0.3) is 0 Å². The Morgan fingerprint density at radius 3 is 2.62 bits per heavy atom. The summed E-state index contributed by atoms with van der Waals surface area (Å²) in [6.07, 6.45) is 2.78. The third-order valence-electron chi connectivity index (χ3n) is 3.28. The monoisotopic (exact) mass is 365 g/mol. The topological polar surface area (TPSA) is 83.5 Å². The van der Waals surface area contributed by atoms with Gasteiger partial charge in [-0.3, -0.25) is 4.79 Å². The minimum absolute atomic E-state index is 0.0262. The number of carbonyl (C=O) groups excluding carboxylic acids is 1. The van der Waals surface area contributed by atoms with Gasteiger partial charge in [0, 0.05) is 11.1 Å². The molecule has 5 nitrogen and oxygen atoms in total. The Balaban J connectivity index is 2.20. The van der Waals surface area contributed by atoms with E-state index in [2.05, 4.69) is 5.32 Å². The molecule has 0 unspecified atom stereocenters. The Morgan fingerprint density at radius 2 is 1.96 bits per heavy atom. The number of hydrogen-bond donors (Lipinski definition) is 2. The van der Waals surface area contributed by atoms with Gasteiger partial charge in [0.2, 0.25) is 5.91 Å². The highest BCUT2D eigenvalue weighted by atomic mass is 35.5. The van der Waals surface area contributed by atoms with Crippen molar-refractivity contribution in [3.05, 3.63) is 59.1 Å². The maximum Gasteiger partial charge on any atom is 0.248 e. The van der Waals surface area contributed by atoms with Crippen molar-refractivity contribution in [3.63, 3.8) is 0 Å². The molecule has 0 heterocycles. The Hall–Kier alpha value is -2.31. The fraction of sp³-hybridized carbons (Fsp3) is 0.118. The van der Waals surface area contributed by atoms with Crippen molar-refractivity contribution in [2.75, 3.05) is 11.1 Å². The summed E-state index contributed by atoms with van der Waals surface area (Å²) in [5.74, 6) is -0.807. The standard InChI is InChI=1S/C17H16ClNO4S/c1-2-24(22,23)13-8-9-16(20)15(11-13)19-17(21)10-7-12-5-3-4-6-14(12)18/h3-11,20H,2H2,1H3,(H,19,21)/b10-7+. The summed E-state index contributed by atoms with van der Waals surface area (Å²) >= 11 is 5.99. The minimum atomic E-state index is -3.43. The van der Waals surface area contributed by atoms with Gasteiger partial charge in [0.1, 0.15) is 5.75 Å². The summed E-state index contributed by atoms with van der Waals surface area (Å²) in [6.45, 7) is 1.52. The summed E-state index contributed by atoms with van der Waals surface area (Å²) in [5, 5.41) is 12.8. The van der Waals surface area contributed by atoms with Gasteiger partial charge in [-0.25, -0.2) is 8.42 Å². The van der Waals surface area contributed by atoms with Gasteiger partial charge < -0.3 is 10.4 Å². The molecule has 0 aliphatic rings. The average Bonchev–Trinajstić information content (AvgIpc) is 2.56. The normalized spacial score (nSPS) is 11.6. The number of aromatic hydroxyl groups is 1. The molecule has 1 amide bonds. The van der Waals surface area contributed by atoms with Crippen LogP contribution < -0.4 is 5.32 Å². The molecule has 2 rings (SSSR count). The Morgan fingerprint density at radius 1 is 1.25 bits per heavy atom. The maximum absolute atomic E-state index is 12.0. The van der Waals surface area contributed by atoms with E-state index in [-0.39, 0.29) is 22.1 Å². The second-order valence-corrected chi connectivity index (χ2v) is 7.61. The van der Waals surface area contributed by atoms with Crippen molar-refractivity contribution >= 4 is 39.1 Å². The lowest BCUT2D eigenvalue weighted by Gasteiger charge is -2.08. The Kier molecular flexibility index (Phi) is 5.64. The van der Waals surface area contributed by atoms with Crippen LogP contribution in [0.25, 0.3) is 6.08 Å². The van der Waals surface area contributed by atoms with E-state index in [4.69, 9.17) is 11.6 Å². The van der Waals surface area contributed by atoms with Crippen molar-refractivity contribution in [2.24, 2.45) is 0 Å². The van der Waals surface area contributed by atoms with Crippen LogP contribution in [0.3, 0.4) is 0 Å². The van der Waals surface area contributed by atoms with Crippen LogP contribution >= 0.6 is 11.6 Å². The van der Waals surface area contributed by atoms with Crippen LogP contribution in [0, 0.1) is 0 Å². The smallest absolute Gasteiger partial charge is 0.248 e. The first-order valence-corrected chi connectivity index (χ1v) is 9.16. The van der Waals surface area contributed by atoms with Crippen LogP contribution in [0.4, 0.5) is 5.69 Å². The molecule has 24 heavy (non-hydrogen) atoms. The highest BCUT2D eigenvalue weighted by Gasteiger charge is 2.14. The molecule has 126 valence electrons. The molecule has 0 aromatic heterocycles. The van der Waals surface area contributed by atoms with Gasteiger partial charge in [0.15, 0.2) is 9.84 Å². The third-order valence-corrected chi connectivity index (χ3v) is 5.36. The zero-order chi connectivity index (χ0) is 17.7. The predicted molar refractivity (Wildman–Crippen MR) is 94.9 cm³/mol. The number of nitrogens with one attached hydrogen (secondary N) is 1. The summed E-state index contributed by atoms with van der Waals surface area (Å²) in [4.78, 5) is 12.0. The van der Waals surface area contributed by atoms with Gasteiger partial charge in [-0.2, -0.15) is 0 Å². The van der Waals surface area contributed by atoms with E-state index in [0.717, 1.165) is 0 Å². The lowest BCUT2D eigenvalue weighted by molar-refractivity contribution is -0.111. The number of carbonyl (C=O) groups is 1. The summed E-state index contributed by atoms with van der Waals surface area (Å²) < 4.78 is 23.8. The second kappa shape index (κ2) is 7.51.